The Morgan fingerprint density at radius 1 is 0.594 bits per heavy atom. The summed E-state index contributed by atoms with van der Waals surface area (Å²) in [6, 6.07) is 20.7. The van der Waals surface area contributed by atoms with Gasteiger partial charge in [-0.25, -0.2) is 0 Å². The summed E-state index contributed by atoms with van der Waals surface area (Å²) in [4.78, 5) is 32.3. The highest BCUT2D eigenvalue weighted by molar-refractivity contribution is 5.87. The normalized spacial score (nSPS) is 37.1. The van der Waals surface area contributed by atoms with E-state index in [9.17, 15) is 9.59 Å². The lowest BCUT2D eigenvalue weighted by Crippen LogP contribution is -2.56. The zero-order valence-corrected chi connectivity index (χ0v) is 19.5. The maximum atomic E-state index is 14.0. The van der Waals surface area contributed by atoms with Gasteiger partial charge in [-0.05, 0) is 35.8 Å². The summed E-state index contributed by atoms with van der Waals surface area (Å²) in [5, 5.41) is 0. The van der Waals surface area contributed by atoms with Gasteiger partial charge >= 0.3 is 0 Å². The van der Waals surface area contributed by atoms with Crippen LogP contribution in [0.2, 0.25) is 0 Å². The van der Waals surface area contributed by atoms with Crippen LogP contribution in [0, 0.1) is 23.7 Å². The lowest BCUT2D eigenvalue weighted by molar-refractivity contribution is -0.154. The highest BCUT2D eigenvalue weighted by Gasteiger charge is 2.55. The lowest BCUT2D eigenvalue weighted by Gasteiger charge is -2.44. The van der Waals surface area contributed by atoms with E-state index in [1.807, 2.05) is 50.2 Å². The van der Waals surface area contributed by atoms with E-state index < -0.39 is 0 Å². The second-order valence-electron chi connectivity index (χ2n) is 10.3. The minimum Gasteiger partial charge on any atom is -0.331 e. The maximum Gasteiger partial charge on any atom is 0.228 e. The zero-order chi connectivity index (χ0) is 22.6. The molecule has 0 aromatic heterocycles. The second kappa shape index (κ2) is 8.06. The van der Waals surface area contributed by atoms with E-state index in [1.165, 1.54) is 11.1 Å². The number of nitrogens with zero attached hydrogens (tertiary/aromatic N) is 2. The SMILES string of the molecule is C[C@@H]1C[C@H]2[C@@H](C)C(=O)N3[C@@H](C[C@@H](C)[C@@H]3c3ccccc3)[C@@H](C)C(=O)N2[C@H]1c1ccccc1. The first-order valence-electron chi connectivity index (χ1n) is 12.1. The van der Waals surface area contributed by atoms with Crippen molar-refractivity contribution in [1.29, 1.82) is 0 Å². The minimum absolute atomic E-state index is 0.0432. The van der Waals surface area contributed by atoms with Gasteiger partial charge in [0.25, 0.3) is 0 Å². The quantitative estimate of drug-likeness (QED) is 0.655. The molecule has 2 aromatic carbocycles. The summed E-state index contributed by atoms with van der Waals surface area (Å²) in [5.41, 5.74) is 2.36. The van der Waals surface area contributed by atoms with Crippen molar-refractivity contribution in [2.24, 2.45) is 23.7 Å². The van der Waals surface area contributed by atoms with Gasteiger partial charge < -0.3 is 9.80 Å². The van der Waals surface area contributed by atoms with Crippen LogP contribution in [0.3, 0.4) is 0 Å². The molecular formula is C28H34N2O2. The van der Waals surface area contributed by atoms with Crippen LogP contribution in [-0.2, 0) is 9.59 Å². The standard InChI is InChI=1S/C28H34N2O2/c1-17-15-23-19(3)28(32)30-24(16-18(2)26(30)22-13-9-6-10-14-22)20(4)27(31)29(23)25(17)21-11-7-5-8-12-21/h5-14,17-20,23-26H,15-16H2,1-4H3/t17-,18-,19-,20-,23+,24+,25-,26-/m1/s1. The average molecular weight is 431 g/mol. The third-order valence-electron chi connectivity index (χ3n) is 8.34. The Bertz CT molecular complexity index is 910. The fourth-order valence-electron chi connectivity index (χ4n) is 6.78. The van der Waals surface area contributed by atoms with Crippen LogP contribution in [0.5, 0.6) is 0 Å². The number of carbonyl (C=O) groups excluding carboxylic acids is 2. The molecule has 0 saturated carbocycles. The molecule has 0 unspecified atom stereocenters. The molecule has 5 rings (SSSR count). The first-order chi connectivity index (χ1) is 15.4. The lowest BCUT2D eigenvalue weighted by atomic mass is 9.89. The number of carbonyl (C=O) groups is 2. The minimum atomic E-state index is -0.207. The monoisotopic (exact) mass is 430 g/mol. The summed E-state index contributed by atoms with van der Waals surface area (Å²) in [7, 11) is 0. The first-order valence-corrected chi connectivity index (χ1v) is 12.1. The van der Waals surface area contributed by atoms with Crippen LogP contribution in [0.1, 0.15) is 63.7 Å². The first kappa shape index (κ1) is 21.2. The van der Waals surface area contributed by atoms with E-state index in [0.29, 0.717) is 11.8 Å². The maximum absolute atomic E-state index is 14.0. The molecule has 0 spiro atoms. The van der Waals surface area contributed by atoms with Crippen LogP contribution >= 0.6 is 0 Å². The van der Waals surface area contributed by atoms with E-state index >= 15 is 0 Å². The van der Waals surface area contributed by atoms with Gasteiger partial charge in [0.2, 0.25) is 11.8 Å². The molecule has 3 heterocycles. The van der Waals surface area contributed by atoms with Crippen LogP contribution in [-0.4, -0.2) is 33.7 Å². The van der Waals surface area contributed by atoms with Crippen molar-refractivity contribution < 1.29 is 9.59 Å². The molecule has 3 aliphatic heterocycles. The van der Waals surface area contributed by atoms with Crippen molar-refractivity contribution in [2.45, 2.75) is 64.7 Å². The highest BCUT2D eigenvalue weighted by Crippen LogP contribution is 2.50. The Morgan fingerprint density at radius 2 is 0.938 bits per heavy atom. The molecule has 0 radical (unpaired) electrons. The van der Waals surface area contributed by atoms with E-state index in [2.05, 4.69) is 47.9 Å². The number of rotatable bonds is 2. The Labute approximate surface area is 191 Å². The van der Waals surface area contributed by atoms with Gasteiger partial charge in [0, 0.05) is 12.1 Å². The van der Waals surface area contributed by atoms with Crippen LogP contribution in [0.15, 0.2) is 60.7 Å². The molecule has 8 atom stereocenters. The Hall–Kier alpha value is -2.62. The third kappa shape index (κ3) is 3.18. The van der Waals surface area contributed by atoms with Gasteiger partial charge in [-0.2, -0.15) is 0 Å². The summed E-state index contributed by atoms with van der Waals surface area (Å²) in [6.07, 6.45) is 1.74. The van der Waals surface area contributed by atoms with Crippen molar-refractivity contribution in [2.75, 3.05) is 0 Å². The van der Waals surface area contributed by atoms with Crippen LogP contribution in [0.4, 0.5) is 0 Å². The average Bonchev–Trinajstić information content (AvgIpc) is 3.34. The molecule has 4 nitrogen and oxygen atoms in total. The van der Waals surface area contributed by atoms with Crippen LogP contribution < -0.4 is 0 Å². The molecule has 0 N–H and O–H groups in total. The van der Waals surface area contributed by atoms with E-state index in [-0.39, 0.29) is 47.8 Å². The van der Waals surface area contributed by atoms with Crippen molar-refractivity contribution in [1.82, 2.24) is 9.80 Å². The third-order valence-corrected chi connectivity index (χ3v) is 8.34. The molecule has 2 aromatic rings. The Morgan fingerprint density at radius 3 is 1.28 bits per heavy atom. The summed E-state index contributed by atoms with van der Waals surface area (Å²) in [5.74, 6) is 0.659. The van der Waals surface area contributed by atoms with E-state index in [4.69, 9.17) is 0 Å². The number of amides is 2. The molecule has 0 bridgehead atoms. The summed E-state index contributed by atoms with van der Waals surface area (Å²) in [6.45, 7) is 8.55. The predicted molar refractivity (Wildman–Crippen MR) is 126 cm³/mol. The largest absolute Gasteiger partial charge is 0.331 e. The topological polar surface area (TPSA) is 40.6 Å². The molecule has 2 amide bonds. The predicted octanol–water partition coefficient (Wildman–Crippen LogP) is 5.23. The molecule has 168 valence electrons. The van der Waals surface area contributed by atoms with Crippen LogP contribution in [0.25, 0.3) is 0 Å². The fourth-order valence-corrected chi connectivity index (χ4v) is 6.78. The van der Waals surface area contributed by atoms with Gasteiger partial charge in [0.05, 0.1) is 23.9 Å². The summed E-state index contributed by atoms with van der Waals surface area (Å²) < 4.78 is 0. The number of fused-ring (bicyclic) bond motifs is 2. The van der Waals surface area contributed by atoms with Crippen molar-refractivity contribution >= 4 is 11.8 Å². The zero-order valence-electron chi connectivity index (χ0n) is 19.5. The Balaban J connectivity index is 1.56. The van der Waals surface area contributed by atoms with Gasteiger partial charge in [0.15, 0.2) is 0 Å². The van der Waals surface area contributed by atoms with Gasteiger partial charge in [0.1, 0.15) is 0 Å². The number of hydrogen-bond acceptors (Lipinski definition) is 2. The fraction of sp³-hybridized carbons (Fsp3) is 0.500. The molecule has 32 heavy (non-hydrogen) atoms. The van der Waals surface area contributed by atoms with Gasteiger partial charge in [-0.15, -0.1) is 0 Å². The molecule has 3 fully saturated rings. The number of benzene rings is 2. The molecule has 3 aliphatic rings. The van der Waals surface area contributed by atoms with Gasteiger partial charge in [-0.3, -0.25) is 9.59 Å². The van der Waals surface area contributed by atoms with E-state index in [1.54, 1.807) is 0 Å². The van der Waals surface area contributed by atoms with Crippen molar-refractivity contribution in [3.8, 4) is 0 Å². The Kier molecular flexibility index (Phi) is 5.35. The molecular weight excluding hydrogens is 396 g/mol. The molecule has 3 saturated heterocycles. The smallest absolute Gasteiger partial charge is 0.228 e. The summed E-state index contributed by atoms with van der Waals surface area (Å²) >= 11 is 0. The van der Waals surface area contributed by atoms with E-state index in [0.717, 1.165) is 12.8 Å². The van der Waals surface area contributed by atoms with Gasteiger partial charge in [-0.1, -0.05) is 88.4 Å². The second-order valence-corrected chi connectivity index (χ2v) is 10.3. The molecule has 4 heteroatoms. The van der Waals surface area contributed by atoms with Crippen molar-refractivity contribution in [3.63, 3.8) is 0 Å². The number of hydrogen-bond donors (Lipinski definition) is 0. The highest BCUT2D eigenvalue weighted by atomic mass is 16.2. The van der Waals surface area contributed by atoms with Crippen molar-refractivity contribution in [3.05, 3.63) is 71.8 Å². The molecule has 0 aliphatic carbocycles.